The Morgan fingerprint density at radius 3 is 2.61 bits per heavy atom. The summed E-state index contributed by atoms with van der Waals surface area (Å²) in [6, 6.07) is 11.5. The van der Waals surface area contributed by atoms with E-state index >= 15 is 0 Å². The summed E-state index contributed by atoms with van der Waals surface area (Å²) in [5.74, 6) is 1.77. The number of furan rings is 1. The molecule has 0 radical (unpaired) electrons. The lowest BCUT2D eigenvalue weighted by Crippen LogP contribution is -2.40. The number of benzene rings is 1. The van der Waals surface area contributed by atoms with Gasteiger partial charge < -0.3 is 20.0 Å². The number of anilines is 2. The van der Waals surface area contributed by atoms with E-state index in [-0.39, 0.29) is 29.4 Å². The molecule has 33 heavy (non-hydrogen) atoms. The van der Waals surface area contributed by atoms with Crippen LogP contribution in [0.3, 0.4) is 0 Å². The Balaban J connectivity index is 1.30. The Kier molecular flexibility index (Phi) is 6.53. The molecule has 1 aliphatic carbocycles. The molecular weight excluding hydrogens is 424 g/mol. The molecule has 1 fully saturated rings. The van der Waals surface area contributed by atoms with Crippen LogP contribution in [-0.2, 0) is 0 Å². The standard InChI is InChI=1S/C23H26N6O4/c1-28(2)21-12-13-24-23(27-21)26-17-8-6-16(7-9-17)25-22(30)20-11-10-19(33-20)15-4-3-5-18(14-15)29(31)32/h3-5,10-14,16-17H,6-9H2,1-2H3,(H,25,30)(H,24,26,27)/t16-,17+. The SMILES string of the molecule is CN(C)c1ccnc(N[C@H]2CC[C@@H](NC(=O)c3ccc(-c4cccc([N+](=O)[O-])c4)o3)CC2)n1. The average molecular weight is 450 g/mol. The lowest BCUT2D eigenvalue weighted by molar-refractivity contribution is -0.384. The van der Waals surface area contributed by atoms with Crippen molar-refractivity contribution in [1.82, 2.24) is 15.3 Å². The van der Waals surface area contributed by atoms with Crippen LogP contribution in [-0.4, -0.2) is 47.0 Å². The van der Waals surface area contributed by atoms with Crippen LogP contribution in [0.25, 0.3) is 11.3 Å². The van der Waals surface area contributed by atoms with Crippen molar-refractivity contribution in [3.05, 3.63) is 64.5 Å². The number of amides is 1. The van der Waals surface area contributed by atoms with Gasteiger partial charge in [0.05, 0.1) is 4.92 Å². The fourth-order valence-corrected chi connectivity index (χ4v) is 3.88. The molecule has 0 spiro atoms. The molecular formula is C23H26N6O4. The second kappa shape index (κ2) is 9.68. The Morgan fingerprint density at radius 2 is 1.88 bits per heavy atom. The van der Waals surface area contributed by atoms with Gasteiger partial charge in [-0.1, -0.05) is 12.1 Å². The van der Waals surface area contributed by atoms with Gasteiger partial charge in [0, 0.05) is 50.1 Å². The van der Waals surface area contributed by atoms with Crippen molar-refractivity contribution >= 4 is 23.4 Å². The quantitative estimate of drug-likeness (QED) is 0.410. The summed E-state index contributed by atoms with van der Waals surface area (Å²) >= 11 is 0. The zero-order chi connectivity index (χ0) is 23.4. The summed E-state index contributed by atoms with van der Waals surface area (Å²) in [5, 5.41) is 17.4. The Morgan fingerprint density at radius 1 is 1.12 bits per heavy atom. The molecule has 0 bridgehead atoms. The highest BCUT2D eigenvalue weighted by Crippen LogP contribution is 2.26. The highest BCUT2D eigenvalue weighted by molar-refractivity contribution is 5.92. The van der Waals surface area contributed by atoms with Crippen LogP contribution in [0.5, 0.6) is 0 Å². The first-order chi connectivity index (χ1) is 15.9. The maximum Gasteiger partial charge on any atom is 0.287 e. The van der Waals surface area contributed by atoms with E-state index in [1.165, 1.54) is 12.1 Å². The van der Waals surface area contributed by atoms with Crippen LogP contribution < -0.4 is 15.5 Å². The van der Waals surface area contributed by atoms with Gasteiger partial charge in [-0.2, -0.15) is 4.98 Å². The monoisotopic (exact) mass is 450 g/mol. The molecule has 2 heterocycles. The average Bonchev–Trinajstić information content (AvgIpc) is 3.31. The third kappa shape index (κ3) is 5.46. The minimum absolute atomic E-state index is 0.0286. The molecule has 1 amide bonds. The highest BCUT2D eigenvalue weighted by atomic mass is 16.6. The van der Waals surface area contributed by atoms with Crippen LogP contribution >= 0.6 is 0 Å². The van der Waals surface area contributed by atoms with E-state index in [1.807, 2.05) is 25.1 Å². The van der Waals surface area contributed by atoms with Crippen LogP contribution in [0, 0.1) is 10.1 Å². The molecule has 3 aromatic rings. The van der Waals surface area contributed by atoms with E-state index in [9.17, 15) is 14.9 Å². The molecule has 1 saturated carbocycles. The molecule has 2 aromatic heterocycles. The van der Waals surface area contributed by atoms with Gasteiger partial charge in [0.2, 0.25) is 5.95 Å². The molecule has 0 atom stereocenters. The van der Waals surface area contributed by atoms with Crippen LogP contribution in [0.15, 0.2) is 53.1 Å². The van der Waals surface area contributed by atoms with Gasteiger partial charge >= 0.3 is 0 Å². The zero-order valence-electron chi connectivity index (χ0n) is 18.5. The maximum absolute atomic E-state index is 12.7. The van der Waals surface area contributed by atoms with Gasteiger partial charge in [-0.15, -0.1) is 0 Å². The predicted molar refractivity (Wildman–Crippen MR) is 124 cm³/mol. The fraction of sp³-hybridized carbons (Fsp3) is 0.348. The number of nitro groups is 1. The van der Waals surface area contributed by atoms with Crippen molar-refractivity contribution in [2.45, 2.75) is 37.8 Å². The van der Waals surface area contributed by atoms with E-state index in [2.05, 4.69) is 20.6 Å². The molecule has 10 heteroatoms. The van der Waals surface area contributed by atoms with Crippen LogP contribution in [0.1, 0.15) is 36.2 Å². The highest BCUT2D eigenvalue weighted by Gasteiger charge is 2.24. The van der Waals surface area contributed by atoms with E-state index in [0.717, 1.165) is 31.5 Å². The molecule has 0 unspecified atom stereocenters. The number of non-ortho nitro benzene ring substituents is 1. The van der Waals surface area contributed by atoms with Gasteiger partial charge in [-0.05, 0) is 43.9 Å². The lowest BCUT2D eigenvalue weighted by atomic mass is 9.91. The Bertz CT molecular complexity index is 1140. The first-order valence-electron chi connectivity index (χ1n) is 10.8. The van der Waals surface area contributed by atoms with Gasteiger partial charge in [0.1, 0.15) is 11.6 Å². The summed E-state index contributed by atoms with van der Waals surface area (Å²) in [5.41, 5.74) is 0.523. The number of hydrogen-bond donors (Lipinski definition) is 2. The van der Waals surface area contributed by atoms with Gasteiger partial charge in [0.25, 0.3) is 11.6 Å². The molecule has 172 valence electrons. The first-order valence-corrected chi connectivity index (χ1v) is 10.8. The third-order valence-corrected chi connectivity index (χ3v) is 5.67. The maximum atomic E-state index is 12.7. The summed E-state index contributed by atoms with van der Waals surface area (Å²) in [4.78, 5) is 33.9. The second-order valence-corrected chi connectivity index (χ2v) is 8.27. The van der Waals surface area contributed by atoms with E-state index in [4.69, 9.17) is 4.42 Å². The largest absolute Gasteiger partial charge is 0.451 e. The lowest BCUT2D eigenvalue weighted by Gasteiger charge is -2.29. The Hall–Kier alpha value is -3.95. The number of aromatic nitrogens is 2. The smallest absolute Gasteiger partial charge is 0.287 e. The zero-order valence-corrected chi connectivity index (χ0v) is 18.5. The third-order valence-electron chi connectivity index (χ3n) is 5.67. The number of rotatable bonds is 7. The van der Waals surface area contributed by atoms with E-state index in [0.29, 0.717) is 17.3 Å². The summed E-state index contributed by atoms with van der Waals surface area (Å²) in [7, 11) is 3.87. The summed E-state index contributed by atoms with van der Waals surface area (Å²) < 4.78 is 5.67. The number of carbonyl (C=O) groups is 1. The van der Waals surface area contributed by atoms with E-state index < -0.39 is 4.92 Å². The molecule has 1 aliphatic rings. The number of hydrogen-bond acceptors (Lipinski definition) is 8. The number of nitrogens with one attached hydrogen (secondary N) is 2. The van der Waals surface area contributed by atoms with Crippen LogP contribution in [0.4, 0.5) is 17.5 Å². The van der Waals surface area contributed by atoms with Crippen molar-refractivity contribution in [2.75, 3.05) is 24.3 Å². The fourth-order valence-electron chi connectivity index (χ4n) is 3.88. The predicted octanol–water partition coefficient (Wildman–Crippen LogP) is 3.86. The number of nitro benzene ring substituents is 1. The minimum atomic E-state index is -0.462. The molecule has 2 N–H and O–H groups in total. The second-order valence-electron chi connectivity index (χ2n) is 8.27. The minimum Gasteiger partial charge on any atom is -0.451 e. The topological polar surface area (TPSA) is 126 Å². The molecule has 1 aromatic carbocycles. The molecule has 10 nitrogen and oxygen atoms in total. The normalized spacial score (nSPS) is 17.9. The van der Waals surface area contributed by atoms with Gasteiger partial charge in [-0.3, -0.25) is 14.9 Å². The van der Waals surface area contributed by atoms with Crippen molar-refractivity contribution in [2.24, 2.45) is 0 Å². The van der Waals surface area contributed by atoms with Crippen molar-refractivity contribution in [3.63, 3.8) is 0 Å². The summed E-state index contributed by atoms with van der Waals surface area (Å²) in [6.45, 7) is 0. The Labute approximate surface area is 191 Å². The van der Waals surface area contributed by atoms with Gasteiger partial charge in [-0.25, -0.2) is 4.98 Å². The van der Waals surface area contributed by atoms with Gasteiger partial charge in [0.15, 0.2) is 5.76 Å². The number of carbonyl (C=O) groups excluding carboxylic acids is 1. The van der Waals surface area contributed by atoms with Crippen molar-refractivity contribution < 1.29 is 14.1 Å². The molecule has 4 rings (SSSR count). The van der Waals surface area contributed by atoms with E-state index in [1.54, 1.807) is 30.5 Å². The molecule has 0 saturated heterocycles. The number of nitrogens with zero attached hydrogens (tertiary/aromatic N) is 4. The molecule has 0 aliphatic heterocycles. The summed E-state index contributed by atoms with van der Waals surface area (Å²) in [6.07, 6.45) is 5.17. The van der Waals surface area contributed by atoms with Crippen molar-refractivity contribution in [3.8, 4) is 11.3 Å². The first kappa shape index (κ1) is 22.3. The van der Waals surface area contributed by atoms with Crippen LogP contribution in [0.2, 0.25) is 0 Å². The van der Waals surface area contributed by atoms with Crippen molar-refractivity contribution in [1.29, 1.82) is 0 Å².